The van der Waals surface area contributed by atoms with Gasteiger partial charge in [0.25, 0.3) is 5.69 Å². The summed E-state index contributed by atoms with van der Waals surface area (Å²) in [5, 5.41) is 14.1. The van der Waals surface area contributed by atoms with Crippen molar-refractivity contribution >= 4 is 11.4 Å². The average molecular weight is 238 g/mol. The monoisotopic (exact) mass is 238 g/mol. The first-order chi connectivity index (χ1) is 7.95. The molecule has 0 aliphatic heterocycles. The van der Waals surface area contributed by atoms with Crippen molar-refractivity contribution in [2.75, 3.05) is 19.0 Å². The normalized spacial score (nSPS) is 12.2. The van der Waals surface area contributed by atoms with Gasteiger partial charge in [-0.05, 0) is 32.4 Å². The molecule has 5 nitrogen and oxygen atoms in total. The van der Waals surface area contributed by atoms with Crippen LogP contribution in [0.2, 0.25) is 0 Å². The molecule has 17 heavy (non-hydrogen) atoms. The summed E-state index contributed by atoms with van der Waals surface area (Å²) in [5.74, 6) is 0. The number of hydrogen-bond acceptors (Lipinski definition) is 4. The van der Waals surface area contributed by atoms with E-state index in [0.717, 1.165) is 11.3 Å². The maximum Gasteiger partial charge on any atom is 0.274 e. The van der Waals surface area contributed by atoms with Gasteiger partial charge in [0, 0.05) is 30.5 Å². The Bertz CT molecular complexity index is 418. The minimum atomic E-state index is -0.360. The number of methoxy groups -OCH3 is 1. The summed E-state index contributed by atoms with van der Waals surface area (Å²) in [6, 6.07) is 3.51. The molecular weight excluding hydrogens is 220 g/mol. The SMILES string of the molecule is COCC(C)Nc1cc([N+](=O)[O-])c(C)cc1C. The number of anilines is 1. The summed E-state index contributed by atoms with van der Waals surface area (Å²) in [6.07, 6.45) is 0. The zero-order chi connectivity index (χ0) is 13.0. The maximum absolute atomic E-state index is 10.8. The van der Waals surface area contributed by atoms with Crippen LogP contribution in [-0.2, 0) is 4.74 Å². The number of benzene rings is 1. The Morgan fingerprint density at radius 2 is 2.06 bits per heavy atom. The number of ether oxygens (including phenoxy) is 1. The summed E-state index contributed by atoms with van der Waals surface area (Å²) in [4.78, 5) is 10.5. The maximum atomic E-state index is 10.8. The predicted octanol–water partition coefficient (Wildman–Crippen LogP) is 2.66. The minimum Gasteiger partial charge on any atom is -0.383 e. The molecule has 94 valence electrons. The summed E-state index contributed by atoms with van der Waals surface area (Å²) < 4.78 is 5.02. The highest BCUT2D eigenvalue weighted by Crippen LogP contribution is 2.26. The van der Waals surface area contributed by atoms with Gasteiger partial charge in [0.05, 0.1) is 11.5 Å². The van der Waals surface area contributed by atoms with Crippen molar-refractivity contribution in [3.63, 3.8) is 0 Å². The van der Waals surface area contributed by atoms with Gasteiger partial charge in [-0.15, -0.1) is 0 Å². The summed E-state index contributed by atoms with van der Waals surface area (Å²) in [6.45, 7) is 6.20. The lowest BCUT2D eigenvalue weighted by atomic mass is 10.1. The topological polar surface area (TPSA) is 64.4 Å². The third-order valence-corrected chi connectivity index (χ3v) is 2.56. The van der Waals surface area contributed by atoms with Crippen LogP contribution in [0.4, 0.5) is 11.4 Å². The van der Waals surface area contributed by atoms with E-state index in [4.69, 9.17) is 4.74 Å². The van der Waals surface area contributed by atoms with Crippen LogP contribution in [0.5, 0.6) is 0 Å². The van der Waals surface area contributed by atoms with Crippen LogP contribution < -0.4 is 5.32 Å². The van der Waals surface area contributed by atoms with Crippen LogP contribution in [0.1, 0.15) is 18.1 Å². The highest BCUT2D eigenvalue weighted by atomic mass is 16.6. The Hall–Kier alpha value is -1.62. The fourth-order valence-corrected chi connectivity index (χ4v) is 1.75. The molecule has 0 amide bonds. The number of nitro groups is 1. The highest BCUT2D eigenvalue weighted by molar-refractivity contribution is 5.60. The second-order valence-corrected chi connectivity index (χ2v) is 4.21. The molecule has 1 aromatic carbocycles. The van der Waals surface area contributed by atoms with E-state index in [1.54, 1.807) is 20.1 Å². The summed E-state index contributed by atoms with van der Waals surface area (Å²) in [7, 11) is 1.63. The smallest absolute Gasteiger partial charge is 0.274 e. The van der Waals surface area contributed by atoms with E-state index >= 15 is 0 Å². The van der Waals surface area contributed by atoms with Crippen LogP contribution in [0.15, 0.2) is 12.1 Å². The Morgan fingerprint density at radius 3 is 2.59 bits per heavy atom. The van der Waals surface area contributed by atoms with Gasteiger partial charge in [0.2, 0.25) is 0 Å². The van der Waals surface area contributed by atoms with Gasteiger partial charge in [-0.25, -0.2) is 0 Å². The molecule has 0 spiro atoms. The molecule has 0 saturated heterocycles. The fraction of sp³-hybridized carbons (Fsp3) is 0.500. The lowest BCUT2D eigenvalue weighted by molar-refractivity contribution is -0.385. The molecule has 0 fully saturated rings. The van der Waals surface area contributed by atoms with Gasteiger partial charge in [0.15, 0.2) is 0 Å². The largest absolute Gasteiger partial charge is 0.383 e. The van der Waals surface area contributed by atoms with Crippen LogP contribution in [-0.4, -0.2) is 24.7 Å². The van der Waals surface area contributed by atoms with Gasteiger partial charge in [-0.1, -0.05) is 0 Å². The Kier molecular flexibility index (Phi) is 4.45. The fourth-order valence-electron chi connectivity index (χ4n) is 1.75. The number of nitro benzene ring substituents is 1. The van der Waals surface area contributed by atoms with E-state index in [0.29, 0.717) is 12.2 Å². The number of nitrogens with one attached hydrogen (secondary N) is 1. The zero-order valence-corrected chi connectivity index (χ0v) is 10.6. The van der Waals surface area contributed by atoms with E-state index in [-0.39, 0.29) is 16.7 Å². The molecule has 0 aromatic heterocycles. The highest BCUT2D eigenvalue weighted by Gasteiger charge is 2.14. The molecule has 1 unspecified atom stereocenters. The molecule has 0 saturated carbocycles. The molecule has 5 heteroatoms. The molecule has 0 heterocycles. The predicted molar refractivity (Wildman–Crippen MR) is 67.5 cm³/mol. The molecule has 1 atom stereocenters. The van der Waals surface area contributed by atoms with Crippen molar-refractivity contribution in [1.82, 2.24) is 0 Å². The van der Waals surface area contributed by atoms with Gasteiger partial charge in [-0.3, -0.25) is 10.1 Å². The lowest BCUT2D eigenvalue weighted by Gasteiger charge is -2.16. The minimum absolute atomic E-state index is 0.112. The Balaban J connectivity index is 2.99. The zero-order valence-electron chi connectivity index (χ0n) is 10.6. The number of rotatable bonds is 5. The van der Waals surface area contributed by atoms with Gasteiger partial charge in [-0.2, -0.15) is 0 Å². The van der Waals surface area contributed by atoms with Crippen molar-refractivity contribution < 1.29 is 9.66 Å². The number of aryl methyl sites for hydroxylation is 2. The van der Waals surface area contributed by atoms with Gasteiger partial charge >= 0.3 is 0 Å². The molecule has 0 radical (unpaired) electrons. The number of hydrogen-bond donors (Lipinski definition) is 1. The molecule has 1 N–H and O–H groups in total. The summed E-state index contributed by atoms with van der Waals surface area (Å²) >= 11 is 0. The molecular formula is C12H18N2O3. The first-order valence-corrected chi connectivity index (χ1v) is 5.46. The summed E-state index contributed by atoms with van der Waals surface area (Å²) in [5.41, 5.74) is 2.60. The Labute approximate surface area is 101 Å². The van der Waals surface area contributed by atoms with Crippen molar-refractivity contribution in [3.8, 4) is 0 Å². The van der Waals surface area contributed by atoms with Gasteiger partial charge in [0.1, 0.15) is 0 Å². The van der Waals surface area contributed by atoms with E-state index in [1.807, 2.05) is 19.9 Å². The van der Waals surface area contributed by atoms with Crippen molar-refractivity contribution in [2.45, 2.75) is 26.8 Å². The van der Waals surface area contributed by atoms with Crippen LogP contribution in [0.25, 0.3) is 0 Å². The van der Waals surface area contributed by atoms with Crippen LogP contribution >= 0.6 is 0 Å². The quantitative estimate of drug-likeness (QED) is 0.632. The van der Waals surface area contributed by atoms with Crippen molar-refractivity contribution in [3.05, 3.63) is 33.4 Å². The third kappa shape index (κ3) is 3.42. The number of nitrogens with zero attached hydrogens (tertiary/aromatic N) is 1. The van der Waals surface area contributed by atoms with Crippen LogP contribution in [0, 0.1) is 24.0 Å². The van der Waals surface area contributed by atoms with E-state index in [1.165, 1.54) is 0 Å². The second-order valence-electron chi connectivity index (χ2n) is 4.21. The average Bonchev–Trinajstić information content (AvgIpc) is 2.21. The Morgan fingerprint density at radius 1 is 1.41 bits per heavy atom. The first-order valence-electron chi connectivity index (χ1n) is 5.46. The molecule has 1 aromatic rings. The van der Waals surface area contributed by atoms with Gasteiger partial charge < -0.3 is 10.1 Å². The van der Waals surface area contributed by atoms with Crippen molar-refractivity contribution in [2.24, 2.45) is 0 Å². The molecule has 0 bridgehead atoms. The molecule has 0 aliphatic carbocycles. The van der Waals surface area contributed by atoms with Crippen LogP contribution in [0.3, 0.4) is 0 Å². The lowest BCUT2D eigenvalue weighted by Crippen LogP contribution is -2.21. The molecule has 0 aliphatic rings. The van der Waals surface area contributed by atoms with Crippen molar-refractivity contribution in [1.29, 1.82) is 0 Å². The molecule has 1 rings (SSSR count). The van der Waals surface area contributed by atoms with E-state index in [9.17, 15) is 10.1 Å². The van der Waals surface area contributed by atoms with E-state index < -0.39 is 0 Å². The first kappa shape index (κ1) is 13.4. The second kappa shape index (κ2) is 5.63. The third-order valence-electron chi connectivity index (χ3n) is 2.56. The standard InChI is InChI=1S/C12H18N2O3/c1-8-5-9(2)12(14(15)16)6-11(8)13-10(3)7-17-4/h5-6,10,13H,7H2,1-4H3. The van der Waals surface area contributed by atoms with E-state index in [2.05, 4.69) is 5.32 Å².